The van der Waals surface area contributed by atoms with Crippen molar-refractivity contribution < 1.29 is 14.4 Å². The predicted octanol–water partition coefficient (Wildman–Crippen LogP) is 1.89. The fourth-order valence-electron chi connectivity index (χ4n) is 4.45. The minimum Gasteiger partial charge on any atom is -0.352 e. The Hall–Kier alpha value is -2.43. The first-order valence-electron chi connectivity index (χ1n) is 8.99. The van der Waals surface area contributed by atoms with Crippen molar-refractivity contribution in [1.82, 2.24) is 10.2 Å². The third-order valence-corrected chi connectivity index (χ3v) is 5.75. The van der Waals surface area contributed by atoms with Crippen molar-refractivity contribution in [1.29, 1.82) is 0 Å². The topological polar surface area (TPSA) is 66.5 Å². The Morgan fingerprint density at radius 1 is 1.00 bits per heavy atom. The molecule has 1 heterocycles. The summed E-state index contributed by atoms with van der Waals surface area (Å²) in [7, 11) is 0. The van der Waals surface area contributed by atoms with Crippen molar-refractivity contribution in [3.63, 3.8) is 0 Å². The van der Waals surface area contributed by atoms with Gasteiger partial charge in [-0.3, -0.25) is 19.3 Å². The lowest BCUT2D eigenvalue weighted by Crippen LogP contribution is -2.38. The van der Waals surface area contributed by atoms with Crippen molar-refractivity contribution in [3.05, 3.63) is 48.0 Å². The van der Waals surface area contributed by atoms with Gasteiger partial charge >= 0.3 is 0 Å². The summed E-state index contributed by atoms with van der Waals surface area (Å²) in [5.74, 6) is -0.283. The summed E-state index contributed by atoms with van der Waals surface area (Å²) in [4.78, 5) is 38.7. The number of fused-ring (bicyclic) bond motifs is 1. The highest BCUT2D eigenvalue weighted by atomic mass is 16.2. The molecule has 0 radical (unpaired) electrons. The van der Waals surface area contributed by atoms with E-state index in [0.29, 0.717) is 6.54 Å². The maximum atomic E-state index is 12.7. The van der Waals surface area contributed by atoms with Crippen LogP contribution in [0.3, 0.4) is 0 Å². The van der Waals surface area contributed by atoms with Crippen molar-refractivity contribution in [2.24, 2.45) is 23.7 Å². The first kappa shape index (κ1) is 16.1. The molecule has 5 rings (SSSR count). The number of amides is 3. The normalized spacial score (nSPS) is 29.8. The smallest absolute Gasteiger partial charge is 0.233 e. The molecule has 5 heteroatoms. The third kappa shape index (κ3) is 2.88. The van der Waals surface area contributed by atoms with Gasteiger partial charge in [0.1, 0.15) is 0 Å². The van der Waals surface area contributed by atoms with Crippen molar-refractivity contribution >= 4 is 17.7 Å². The SMILES string of the molecule is O=C(CCN1C(=O)[C@@H]2[C@H](C1=O)[C@H]1C=C[C@H]2CC1)NCc1ccccc1. The molecule has 5 nitrogen and oxygen atoms in total. The zero-order valence-corrected chi connectivity index (χ0v) is 14.1. The highest BCUT2D eigenvalue weighted by Gasteiger charge is 2.56. The fraction of sp³-hybridized carbons (Fsp3) is 0.450. The maximum absolute atomic E-state index is 12.7. The quantitative estimate of drug-likeness (QED) is 0.659. The minimum atomic E-state index is -0.191. The van der Waals surface area contributed by atoms with Crippen molar-refractivity contribution in [3.8, 4) is 0 Å². The predicted molar refractivity (Wildman–Crippen MR) is 92.0 cm³/mol. The van der Waals surface area contributed by atoms with Gasteiger partial charge in [0.25, 0.3) is 0 Å². The molecule has 0 spiro atoms. The molecule has 4 aliphatic rings. The highest BCUT2D eigenvalue weighted by molar-refractivity contribution is 6.06. The summed E-state index contributed by atoms with van der Waals surface area (Å²) >= 11 is 0. The Kier molecular flexibility index (Phi) is 4.15. The fourth-order valence-corrected chi connectivity index (χ4v) is 4.45. The summed E-state index contributed by atoms with van der Waals surface area (Å²) in [6.45, 7) is 0.644. The van der Waals surface area contributed by atoms with Gasteiger partial charge in [-0.2, -0.15) is 0 Å². The van der Waals surface area contributed by atoms with Crippen LogP contribution in [0.25, 0.3) is 0 Å². The summed E-state index contributed by atoms with van der Waals surface area (Å²) < 4.78 is 0. The monoisotopic (exact) mass is 338 g/mol. The molecule has 2 bridgehead atoms. The molecule has 1 saturated carbocycles. The molecule has 3 aliphatic carbocycles. The van der Waals surface area contributed by atoms with Gasteiger partial charge in [-0.05, 0) is 30.2 Å². The summed E-state index contributed by atoms with van der Waals surface area (Å²) in [5.41, 5.74) is 1.03. The summed E-state index contributed by atoms with van der Waals surface area (Å²) in [6, 6.07) is 9.67. The first-order chi connectivity index (χ1) is 12.1. The number of likely N-dealkylation sites (tertiary alicyclic amines) is 1. The van der Waals surface area contributed by atoms with E-state index in [4.69, 9.17) is 0 Å². The lowest BCUT2D eigenvalue weighted by atomic mass is 9.63. The number of benzene rings is 1. The first-order valence-corrected chi connectivity index (χ1v) is 8.99. The van der Waals surface area contributed by atoms with E-state index in [1.165, 1.54) is 4.90 Å². The van der Waals surface area contributed by atoms with Gasteiger partial charge in [0.2, 0.25) is 17.7 Å². The molecule has 1 N–H and O–H groups in total. The van der Waals surface area contributed by atoms with E-state index < -0.39 is 0 Å². The van der Waals surface area contributed by atoms with Gasteiger partial charge in [0, 0.05) is 19.5 Å². The minimum absolute atomic E-state index is 0.0788. The molecule has 25 heavy (non-hydrogen) atoms. The summed E-state index contributed by atoms with van der Waals surface area (Å²) in [5, 5.41) is 2.84. The Morgan fingerprint density at radius 2 is 1.60 bits per heavy atom. The number of allylic oxidation sites excluding steroid dienone is 2. The molecule has 2 fully saturated rings. The molecule has 1 aromatic rings. The summed E-state index contributed by atoms with van der Waals surface area (Å²) in [6.07, 6.45) is 6.36. The number of hydrogen-bond donors (Lipinski definition) is 1. The van der Waals surface area contributed by atoms with Crippen LogP contribution < -0.4 is 5.32 Å². The Bertz CT molecular complexity index is 696. The Balaban J connectivity index is 1.33. The Morgan fingerprint density at radius 3 is 2.16 bits per heavy atom. The van der Waals surface area contributed by atoms with E-state index in [1.54, 1.807) is 0 Å². The van der Waals surface area contributed by atoms with Gasteiger partial charge in [0.15, 0.2) is 0 Å². The molecule has 4 atom stereocenters. The molecular weight excluding hydrogens is 316 g/mol. The largest absolute Gasteiger partial charge is 0.352 e. The molecule has 0 aromatic heterocycles. The van der Waals surface area contributed by atoms with Crippen molar-refractivity contribution in [2.75, 3.05) is 6.54 Å². The molecule has 1 aliphatic heterocycles. The number of rotatable bonds is 5. The van der Waals surface area contributed by atoms with Gasteiger partial charge in [-0.25, -0.2) is 0 Å². The second-order valence-corrected chi connectivity index (χ2v) is 7.18. The lowest BCUT2D eigenvalue weighted by molar-refractivity contribution is -0.140. The van der Waals surface area contributed by atoms with E-state index in [2.05, 4.69) is 17.5 Å². The van der Waals surface area contributed by atoms with Gasteiger partial charge in [0.05, 0.1) is 11.8 Å². The number of carbonyl (C=O) groups excluding carboxylic acids is 3. The zero-order chi connectivity index (χ0) is 17.4. The van der Waals surface area contributed by atoms with E-state index in [9.17, 15) is 14.4 Å². The van der Waals surface area contributed by atoms with Crippen LogP contribution in [-0.4, -0.2) is 29.2 Å². The van der Waals surface area contributed by atoms with E-state index in [-0.39, 0.29) is 54.4 Å². The second kappa shape index (κ2) is 6.47. The molecular formula is C20H22N2O3. The van der Waals surface area contributed by atoms with Crippen LogP contribution in [-0.2, 0) is 20.9 Å². The van der Waals surface area contributed by atoms with Crippen LogP contribution in [0.5, 0.6) is 0 Å². The van der Waals surface area contributed by atoms with Crippen LogP contribution in [0.1, 0.15) is 24.8 Å². The van der Waals surface area contributed by atoms with E-state index >= 15 is 0 Å². The second-order valence-electron chi connectivity index (χ2n) is 7.18. The molecule has 3 amide bonds. The number of nitrogens with zero attached hydrogens (tertiary/aromatic N) is 1. The van der Waals surface area contributed by atoms with Crippen LogP contribution in [0, 0.1) is 23.7 Å². The number of imide groups is 1. The maximum Gasteiger partial charge on any atom is 0.233 e. The van der Waals surface area contributed by atoms with E-state index in [0.717, 1.165) is 18.4 Å². The van der Waals surface area contributed by atoms with Crippen LogP contribution >= 0.6 is 0 Å². The van der Waals surface area contributed by atoms with Crippen molar-refractivity contribution in [2.45, 2.75) is 25.8 Å². The average molecular weight is 338 g/mol. The molecule has 1 aromatic carbocycles. The number of hydrogen-bond acceptors (Lipinski definition) is 3. The van der Waals surface area contributed by atoms with Gasteiger partial charge in [-0.1, -0.05) is 42.5 Å². The van der Waals surface area contributed by atoms with Crippen LogP contribution in [0.4, 0.5) is 0 Å². The van der Waals surface area contributed by atoms with Crippen LogP contribution in [0.2, 0.25) is 0 Å². The number of nitrogens with one attached hydrogen (secondary N) is 1. The van der Waals surface area contributed by atoms with E-state index in [1.807, 2.05) is 30.3 Å². The highest BCUT2D eigenvalue weighted by Crippen LogP contribution is 2.49. The number of carbonyl (C=O) groups is 3. The third-order valence-electron chi connectivity index (χ3n) is 5.75. The standard InChI is InChI=1S/C20H22N2O3/c23-16(21-12-13-4-2-1-3-5-13)10-11-22-19(24)17-14-6-7-15(9-8-14)18(17)20(22)25/h1-7,14-15,17-18H,8-12H2,(H,21,23)/t14-,15-,17-,18+/m0/s1. The zero-order valence-electron chi connectivity index (χ0n) is 14.1. The molecule has 0 unspecified atom stereocenters. The van der Waals surface area contributed by atoms with Gasteiger partial charge in [-0.15, -0.1) is 0 Å². The average Bonchev–Trinajstić information content (AvgIpc) is 2.93. The molecule has 1 saturated heterocycles. The van der Waals surface area contributed by atoms with Crippen LogP contribution in [0.15, 0.2) is 42.5 Å². The Labute approximate surface area is 147 Å². The van der Waals surface area contributed by atoms with Gasteiger partial charge < -0.3 is 5.32 Å². The lowest BCUT2D eigenvalue weighted by Gasteiger charge is -2.38. The molecule has 130 valence electrons.